The zero-order valence-corrected chi connectivity index (χ0v) is 11.8. The van der Waals surface area contributed by atoms with Gasteiger partial charge in [-0.3, -0.25) is 4.79 Å². The van der Waals surface area contributed by atoms with Gasteiger partial charge < -0.3 is 5.11 Å². The minimum atomic E-state index is -3.50. The van der Waals surface area contributed by atoms with Gasteiger partial charge in [-0.05, 0) is 29.9 Å². The standard InChI is InChI=1S/C12H15NO4S2/c14-12(15)7-9-1-3-11(4-2-9)19(16,17)13-10-5-6-18-8-10/h1-4,10,13H,5-8H2,(H,14,15). The van der Waals surface area contributed by atoms with Crippen molar-refractivity contribution in [1.82, 2.24) is 4.72 Å². The molecule has 1 aromatic rings. The van der Waals surface area contributed by atoms with Crippen molar-refractivity contribution in [2.45, 2.75) is 23.8 Å². The van der Waals surface area contributed by atoms with E-state index in [4.69, 9.17) is 5.11 Å². The summed E-state index contributed by atoms with van der Waals surface area (Å²) < 4.78 is 26.8. The predicted molar refractivity (Wildman–Crippen MR) is 73.8 cm³/mol. The lowest BCUT2D eigenvalue weighted by Gasteiger charge is -2.12. The molecule has 0 spiro atoms. The second-order valence-electron chi connectivity index (χ2n) is 4.40. The fraction of sp³-hybridized carbons (Fsp3) is 0.417. The Morgan fingerprint density at radius 3 is 2.58 bits per heavy atom. The number of nitrogens with one attached hydrogen (secondary N) is 1. The zero-order valence-electron chi connectivity index (χ0n) is 10.2. The summed E-state index contributed by atoms with van der Waals surface area (Å²) in [7, 11) is -3.50. The fourth-order valence-electron chi connectivity index (χ4n) is 1.88. The smallest absolute Gasteiger partial charge is 0.307 e. The molecule has 1 atom stereocenters. The number of thioether (sulfide) groups is 1. The molecule has 1 fully saturated rings. The number of carboxylic acid groups (broad SMARTS) is 1. The van der Waals surface area contributed by atoms with Crippen LogP contribution in [0.1, 0.15) is 12.0 Å². The van der Waals surface area contributed by atoms with Crippen LogP contribution in [-0.4, -0.2) is 37.0 Å². The summed E-state index contributed by atoms with van der Waals surface area (Å²) in [5, 5.41) is 8.65. The van der Waals surface area contributed by atoms with Crippen LogP contribution in [0.2, 0.25) is 0 Å². The molecule has 0 bridgehead atoms. The van der Waals surface area contributed by atoms with E-state index in [1.165, 1.54) is 24.3 Å². The molecule has 0 aliphatic carbocycles. The zero-order chi connectivity index (χ0) is 13.9. The van der Waals surface area contributed by atoms with Gasteiger partial charge >= 0.3 is 5.97 Å². The molecule has 0 radical (unpaired) electrons. The normalized spacial score (nSPS) is 19.5. The summed E-state index contributed by atoms with van der Waals surface area (Å²) in [5.74, 6) is 0.845. The Morgan fingerprint density at radius 2 is 2.05 bits per heavy atom. The van der Waals surface area contributed by atoms with Gasteiger partial charge in [0.1, 0.15) is 0 Å². The van der Waals surface area contributed by atoms with Crippen LogP contribution in [0.3, 0.4) is 0 Å². The molecule has 1 aliphatic rings. The van der Waals surface area contributed by atoms with Crippen molar-refractivity contribution in [2.75, 3.05) is 11.5 Å². The first-order valence-electron chi connectivity index (χ1n) is 5.88. The van der Waals surface area contributed by atoms with Crippen LogP contribution in [0.25, 0.3) is 0 Å². The fourth-order valence-corrected chi connectivity index (χ4v) is 4.40. The average Bonchev–Trinajstić information content (AvgIpc) is 2.81. The Balaban J connectivity index is 2.09. The summed E-state index contributed by atoms with van der Waals surface area (Å²) in [6.07, 6.45) is 0.744. The highest BCUT2D eigenvalue weighted by molar-refractivity contribution is 7.99. The van der Waals surface area contributed by atoms with E-state index in [1.54, 1.807) is 11.8 Å². The second kappa shape index (κ2) is 5.94. The molecule has 2 rings (SSSR count). The van der Waals surface area contributed by atoms with E-state index in [1.807, 2.05) is 0 Å². The lowest BCUT2D eigenvalue weighted by molar-refractivity contribution is -0.136. The number of carbonyl (C=O) groups is 1. The number of rotatable bonds is 5. The third-order valence-electron chi connectivity index (χ3n) is 2.84. The molecule has 0 aromatic heterocycles. The van der Waals surface area contributed by atoms with Crippen LogP contribution in [0, 0.1) is 0 Å². The van der Waals surface area contributed by atoms with Crippen LogP contribution in [0.15, 0.2) is 29.2 Å². The van der Waals surface area contributed by atoms with E-state index in [9.17, 15) is 13.2 Å². The molecule has 0 saturated carbocycles. The highest BCUT2D eigenvalue weighted by Crippen LogP contribution is 2.19. The highest BCUT2D eigenvalue weighted by atomic mass is 32.2. The van der Waals surface area contributed by atoms with Crippen LogP contribution in [-0.2, 0) is 21.2 Å². The molecule has 1 aliphatic heterocycles. The first kappa shape index (κ1) is 14.4. The number of benzene rings is 1. The van der Waals surface area contributed by atoms with Crippen LogP contribution in [0.4, 0.5) is 0 Å². The van der Waals surface area contributed by atoms with E-state index in [-0.39, 0.29) is 17.4 Å². The monoisotopic (exact) mass is 301 g/mol. The average molecular weight is 301 g/mol. The third-order valence-corrected chi connectivity index (χ3v) is 5.54. The third kappa shape index (κ3) is 3.95. The first-order chi connectivity index (χ1) is 8.97. The summed E-state index contributed by atoms with van der Waals surface area (Å²) in [5.41, 5.74) is 0.586. The highest BCUT2D eigenvalue weighted by Gasteiger charge is 2.23. The molecule has 5 nitrogen and oxygen atoms in total. The molecule has 1 aromatic carbocycles. The van der Waals surface area contributed by atoms with Gasteiger partial charge in [-0.25, -0.2) is 13.1 Å². The van der Waals surface area contributed by atoms with Gasteiger partial charge in [0.2, 0.25) is 10.0 Å². The maximum absolute atomic E-state index is 12.1. The van der Waals surface area contributed by atoms with Crippen molar-refractivity contribution in [3.8, 4) is 0 Å². The predicted octanol–water partition coefficient (Wildman–Crippen LogP) is 1.10. The maximum atomic E-state index is 12.1. The summed E-state index contributed by atoms with van der Waals surface area (Å²) in [6.45, 7) is 0. The molecule has 1 heterocycles. The Bertz CT molecular complexity index is 548. The number of sulfonamides is 1. The maximum Gasteiger partial charge on any atom is 0.307 e. The topological polar surface area (TPSA) is 83.5 Å². The molecule has 1 unspecified atom stereocenters. The summed E-state index contributed by atoms with van der Waals surface area (Å²) in [6, 6.07) is 5.96. The van der Waals surface area contributed by atoms with Gasteiger partial charge in [0.25, 0.3) is 0 Å². The van der Waals surface area contributed by atoms with Gasteiger partial charge in [0.05, 0.1) is 11.3 Å². The van der Waals surface area contributed by atoms with Crippen molar-refractivity contribution < 1.29 is 18.3 Å². The minimum Gasteiger partial charge on any atom is -0.481 e. The van der Waals surface area contributed by atoms with E-state index in [0.717, 1.165) is 17.9 Å². The van der Waals surface area contributed by atoms with E-state index < -0.39 is 16.0 Å². The van der Waals surface area contributed by atoms with Gasteiger partial charge in [0.15, 0.2) is 0 Å². The largest absolute Gasteiger partial charge is 0.481 e. The lowest BCUT2D eigenvalue weighted by atomic mass is 10.2. The summed E-state index contributed by atoms with van der Waals surface area (Å²) >= 11 is 1.74. The minimum absolute atomic E-state index is 0.00584. The molecule has 0 amide bonds. The summed E-state index contributed by atoms with van der Waals surface area (Å²) in [4.78, 5) is 10.7. The van der Waals surface area contributed by atoms with Crippen LogP contribution >= 0.6 is 11.8 Å². The van der Waals surface area contributed by atoms with E-state index in [2.05, 4.69) is 4.72 Å². The van der Waals surface area contributed by atoms with Gasteiger partial charge in [-0.1, -0.05) is 12.1 Å². The molecule has 19 heavy (non-hydrogen) atoms. The number of carboxylic acids is 1. The number of hydrogen-bond acceptors (Lipinski definition) is 4. The van der Waals surface area contributed by atoms with Crippen molar-refractivity contribution in [3.63, 3.8) is 0 Å². The number of aliphatic carboxylic acids is 1. The Morgan fingerprint density at radius 1 is 1.37 bits per heavy atom. The molecule has 104 valence electrons. The van der Waals surface area contributed by atoms with Gasteiger partial charge in [-0.15, -0.1) is 0 Å². The SMILES string of the molecule is O=C(O)Cc1ccc(S(=O)(=O)NC2CCSC2)cc1. The molecule has 7 heteroatoms. The molecule has 1 saturated heterocycles. The molecular weight excluding hydrogens is 286 g/mol. The molecular formula is C12H15NO4S2. The Labute approximate surface area is 116 Å². The Kier molecular flexibility index (Phi) is 4.49. The van der Waals surface area contributed by atoms with Crippen molar-refractivity contribution in [2.24, 2.45) is 0 Å². The quantitative estimate of drug-likeness (QED) is 0.851. The van der Waals surface area contributed by atoms with Gasteiger partial charge in [-0.2, -0.15) is 11.8 Å². The lowest BCUT2D eigenvalue weighted by Crippen LogP contribution is -2.34. The van der Waals surface area contributed by atoms with Crippen molar-refractivity contribution >= 4 is 27.8 Å². The van der Waals surface area contributed by atoms with Crippen LogP contribution in [0.5, 0.6) is 0 Å². The first-order valence-corrected chi connectivity index (χ1v) is 8.52. The van der Waals surface area contributed by atoms with Crippen LogP contribution < -0.4 is 4.72 Å². The van der Waals surface area contributed by atoms with Crippen molar-refractivity contribution in [3.05, 3.63) is 29.8 Å². The number of hydrogen-bond donors (Lipinski definition) is 2. The van der Waals surface area contributed by atoms with E-state index >= 15 is 0 Å². The molecule has 2 N–H and O–H groups in total. The van der Waals surface area contributed by atoms with Crippen molar-refractivity contribution in [1.29, 1.82) is 0 Å². The Hall–Kier alpha value is -1.05. The van der Waals surface area contributed by atoms with Gasteiger partial charge in [0, 0.05) is 11.8 Å². The second-order valence-corrected chi connectivity index (χ2v) is 7.26. The van der Waals surface area contributed by atoms with E-state index in [0.29, 0.717) is 5.56 Å².